The number of alkyl halides is 1. The number of fused-ring (bicyclic) bond motifs is 1. The van der Waals surface area contributed by atoms with Gasteiger partial charge in [0.05, 0.1) is 22.1 Å². The third-order valence-electron chi connectivity index (χ3n) is 3.00. The van der Waals surface area contributed by atoms with Crippen LogP contribution < -0.4 is 0 Å². The molecule has 20 heavy (non-hydrogen) atoms. The number of imidazole rings is 1. The molecule has 102 valence electrons. The number of benzene rings is 2. The van der Waals surface area contributed by atoms with Crippen LogP contribution in [-0.4, -0.2) is 9.55 Å². The van der Waals surface area contributed by atoms with Crippen LogP contribution in [0.1, 0.15) is 5.82 Å². The summed E-state index contributed by atoms with van der Waals surface area (Å²) in [6, 6.07) is 9.10. The normalized spacial score (nSPS) is 11.2. The monoisotopic (exact) mass is 312 g/mol. The molecule has 1 heterocycles. The van der Waals surface area contributed by atoms with E-state index in [9.17, 15) is 8.78 Å². The zero-order chi connectivity index (χ0) is 14.3. The van der Waals surface area contributed by atoms with Gasteiger partial charge in [-0.2, -0.15) is 0 Å². The smallest absolute Gasteiger partial charge is 0.182 e. The van der Waals surface area contributed by atoms with Crippen molar-refractivity contribution >= 4 is 34.2 Å². The van der Waals surface area contributed by atoms with E-state index >= 15 is 0 Å². The van der Waals surface area contributed by atoms with Crippen molar-refractivity contribution in [2.45, 2.75) is 5.88 Å². The summed E-state index contributed by atoms with van der Waals surface area (Å²) >= 11 is 11.9. The molecular weight excluding hydrogens is 305 g/mol. The van der Waals surface area contributed by atoms with Crippen LogP contribution in [0.4, 0.5) is 8.78 Å². The Hall–Kier alpha value is -1.65. The van der Waals surface area contributed by atoms with Crippen molar-refractivity contribution in [3.05, 3.63) is 58.9 Å². The molecule has 3 rings (SSSR count). The van der Waals surface area contributed by atoms with Gasteiger partial charge in [-0.25, -0.2) is 13.8 Å². The highest BCUT2D eigenvalue weighted by atomic mass is 35.5. The Morgan fingerprint density at radius 1 is 1.10 bits per heavy atom. The maximum atomic E-state index is 14.0. The van der Waals surface area contributed by atoms with E-state index in [2.05, 4.69) is 4.98 Å². The van der Waals surface area contributed by atoms with Crippen LogP contribution in [0.3, 0.4) is 0 Å². The van der Waals surface area contributed by atoms with Gasteiger partial charge in [0.1, 0.15) is 11.3 Å². The van der Waals surface area contributed by atoms with E-state index in [0.717, 1.165) is 6.07 Å². The number of nitrogens with zero attached hydrogens (tertiary/aromatic N) is 2. The molecule has 0 aliphatic carbocycles. The topological polar surface area (TPSA) is 17.8 Å². The van der Waals surface area contributed by atoms with Crippen molar-refractivity contribution in [1.82, 2.24) is 9.55 Å². The fourth-order valence-corrected chi connectivity index (χ4v) is 2.53. The third-order valence-corrected chi connectivity index (χ3v) is 3.54. The van der Waals surface area contributed by atoms with Crippen LogP contribution in [0.2, 0.25) is 5.02 Å². The van der Waals surface area contributed by atoms with Gasteiger partial charge in [0, 0.05) is 0 Å². The Morgan fingerprint density at radius 3 is 2.60 bits per heavy atom. The molecule has 0 aliphatic rings. The SMILES string of the molecule is Fc1cccc(-n2c(CCl)nc3c(Cl)cccc32)c1F. The molecule has 0 fully saturated rings. The Kier molecular flexibility index (Phi) is 3.36. The third kappa shape index (κ3) is 1.96. The van der Waals surface area contributed by atoms with Gasteiger partial charge in [0.15, 0.2) is 11.6 Å². The zero-order valence-electron chi connectivity index (χ0n) is 10.1. The highest BCUT2D eigenvalue weighted by molar-refractivity contribution is 6.35. The van der Waals surface area contributed by atoms with Crippen molar-refractivity contribution in [3.8, 4) is 5.69 Å². The number of rotatable bonds is 2. The zero-order valence-corrected chi connectivity index (χ0v) is 11.6. The predicted molar refractivity (Wildman–Crippen MR) is 75.6 cm³/mol. The van der Waals surface area contributed by atoms with Gasteiger partial charge in [-0.1, -0.05) is 23.7 Å². The van der Waals surface area contributed by atoms with Crippen molar-refractivity contribution in [1.29, 1.82) is 0 Å². The molecule has 0 N–H and O–H groups in total. The molecule has 0 aliphatic heterocycles. The average Bonchev–Trinajstić information content (AvgIpc) is 2.82. The number of hydrogen-bond donors (Lipinski definition) is 0. The molecule has 2 nitrogen and oxygen atoms in total. The Morgan fingerprint density at radius 2 is 1.85 bits per heavy atom. The van der Waals surface area contributed by atoms with E-state index in [4.69, 9.17) is 23.2 Å². The molecule has 0 saturated heterocycles. The van der Waals surface area contributed by atoms with Crippen LogP contribution in [0.15, 0.2) is 36.4 Å². The molecule has 0 unspecified atom stereocenters. The second kappa shape index (κ2) is 5.04. The largest absolute Gasteiger partial charge is 0.292 e. The summed E-state index contributed by atoms with van der Waals surface area (Å²) in [6.07, 6.45) is 0. The lowest BCUT2D eigenvalue weighted by Crippen LogP contribution is -2.03. The number of aromatic nitrogens is 2. The van der Waals surface area contributed by atoms with Crippen LogP contribution in [0, 0.1) is 11.6 Å². The van der Waals surface area contributed by atoms with Crippen molar-refractivity contribution in [3.63, 3.8) is 0 Å². The van der Waals surface area contributed by atoms with Crippen LogP contribution >= 0.6 is 23.2 Å². The van der Waals surface area contributed by atoms with Gasteiger partial charge in [0.25, 0.3) is 0 Å². The van der Waals surface area contributed by atoms with Crippen molar-refractivity contribution in [2.75, 3.05) is 0 Å². The molecule has 0 atom stereocenters. The first-order valence-electron chi connectivity index (χ1n) is 5.79. The van der Waals surface area contributed by atoms with E-state index in [1.165, 1.54) is 16.7 Å². The van der Waals surface area contributed by atoms with E-state index < -0.39 is 11.6 Å². The average molecular weight is 313 g/mol. The van der Waals surface area contributed by atoms with Gasteiger partial charge in [0.2, 0.25) is 0 Å². The minimum absolute atomic E-state index is 0.0565. The second-order valence-electron chi connectivity index (χ2n) is 4.18. The summed E-state index contributed by atoms with van der Waals surface area (Å²) < 4.78 is 28.9. The fraction of sp³-hybridized carbons (Fsp3) is 0.0714. The summed E-state index contributed by atoms with van der Waals surface area (Å²) in [5.41, 5.74) is 1.15. The molecule has 0 amide bonds. The number of para-hydroxylation sites is 1. The van der Waals surface area contributed by atoms with Crippen LogP contribution in [-0.2, 0) is 5.88 Å². The molecule has 0 spiro atoms. The van der Waals surface area contributed by atoms with E-state index in [1.54, 1.807) is 18.2 Å². The highest BCUT2D eigenvalue weighted by Gasteiger charge is 2.17. The first kappa shape index (κ1) is 13.3. The van der Waals surface area contributed by atoms with Gasteiger partial charge >= 0.3 is 0 Å². The van der Waals surface area contributed by atoms with Crippen molar-refractivity contribution in [2.24, 2.45) is 0 Å². The second-order valence-corrected chi connectivity index (χ2v) is 4.85. The predicted octanol–water partition coefficient (Wildman–Crippen LogP) is 4.70. The van der Waals surface area contributed by atoms with E-state index in [1.807, 2.05) is 0 Å². The van der Waals surface area contributed by atoms with E-state index in [-0.39, 0.29) is 11.6 Å². The van der Waals surface area contributed by atoms with Crippen LogP contribution in [0.25, 0.3) is 16.7 Å². The fourth-order valence-electron chi connectivity index (χ4n) is 2.14. The van der Waals surface area contributed by atoms with Gasteiger partial charge in [-0.15, -0.1) is 11.6 Å². The summed E-state index contributed by atoms with van der Waals surface area (Å²) in [5, 5.41) is 0.435. The molecule has 0 radical (unpaired) electrons. The Labute approximate surface area is 123 Å². The maximum Gasteiger partial charge on any atom is 0.182 e. The quantitative estimate of drug-likeness (QED) is 0.627. The van der Waals surface area contributed by atoms with Crippen LogP contribution in [0.5, 0.6) is 0 Å². The van der Waals surface area contributed by atoms with Crippen molar-refractivity contribution < 1.29 is 8.78 Å². The van der Waals surface area contributed by atoms with Gasteiger partial charge in [-0.3, -0.25) is 4.57 Å². The summed E-state index contributed by atoms with van der Waals surface area (Å²) in [7, 11) is 0. The molecule has 2 aromatic carbocycles. The standard InChI is InChI=1S/C14H8Cl2F2N2/c15-7-12-19-14-8(16)3-1-6-11(14)20(12)10-5-2-4-9(17)13(10)18/h1-6H,7H2. The number of halogens is 4. The summed E-state index contributed by atoms with van der Waals surface area (Å²) in [4.78, 5) is 4.29. The molecule has 6 heteroatoms. The van der Waals surface area contributed by atoms with Gasteiger partial charge in [-0.05, 0) is 24.3 Å². The lowest BCUT2D eigenvalue weighted by molar-refractivity contribution is 0.504. The summed E-state index contributed by atoms with van der Waals surface area (Å²) in [6.45, 7) is 0. The maximum absolute atomic E-state index is 14.0. The molecule has 0 saturated carbocycles. The first-order valence-corrected chi connectivity index (χ1v) is 6.71. The minimum atomic E-state index is -0.946. The summed E-state index contributed by atoms with van der Waals surface area (Å²) in [5.74, 6) is -1.41. The lowest BCUT2D eigenvalue weighted by Gasteiger charge is -2.09. The molecule has 3 aromatic rings. The first-order chi connectivity index (χ1) is 9.63. The number of hydrogen-bond acceptors (Lipinski definition) is 1. The Bertz CT molecular complexity index is 799. The molecular formula is C14H8Cl2F2N2. The highest BCUT2D eigenvalue weighted by Crippen LogP contribution is 2.29. The molecule has 0 bridgehead atoms. The Balaban J connectivity index is 2.41. The van der Waals surface area contributed by atoms with E-state index in [0.29, 0.717) is 21.9 Å². The van der Waals surface area contributed by atoms with Gasteiger partial charge < -0.3 is 0 Å². The minimum Gasteiger partial charge on any atom is -0.292 e. The lowest BCUT2D eigenvalue weighted by atomic mass is 10.2. The molecule has 1 aromatic heterocycles.